The molecule has 3 aromatic carbocycles. The normalized spacial score (nSPS) is 23.6. The third-order valence-electron chi connectivity index (χ3n) is 7.59. The van der Waals surface area contributed by atoms with Crippen molar-refractivity contribution < 1.29 is 23.4 Å². The van der Waals surface area contributed by atoms with E-state index in [1.807, 2.05) is 18.2 Å². The molecule has 5 nitrogen and oxygen atoms in total. The summed E-state index contributed by atoms with van der Waals surface area (Å²) in [6.07, 6.45) is 1.91. The first-order chi connectivity index (χ1) is 16.1. The number of rotatable bonds is 2. The Morgan fingerprint density at radius 3 is 2.52 bits per heavy atom. The van der Waals surface area contributed by atoms with Crippen molar-refractivity contribution in [1.29, 1.82) is 0 Å². The molecule has 0 radical (unpaired) electrons. The van der Waals surface area contributed by atoms with Crippen molar-refractivity contribution in [1.82, 2.24) is 0 Å². The number of quaternary nitrogens is 1. The highest BCUT2D eigenvalue weighted by Crippen LogP contribution is 2.52. The van der Waals surface area contributed by atoms with Crippen LogP contribution in [0.4, 0.5) is 0 Å². The molecule has 4 aliphatic heterocycles. The third kappa shape index (κ3) is 3.03. The van der Waals surface area contributed by atoms with Crippen molar-refractivity contribution in [3.63, 3.8) is 0 Å². The van der Waals surface area contributed by atoms with Crippen LogP contribution in [-0.2, 0) is 25.9 Å². The first-order valence-electron chi connectivity index (χ1n) is 11.2. The first-order valence-corrected chi connectivity index (χ1v) is 12.0. The molecule has 0 fully saturated rings. The molecule has 3 aromatic rings. The smallest absolute Gasteiger partial charge is 0.231 e. The van der Waals surface area contributed by atoms with Gasteiger partial charge in [0, 0.05) is 24.0 Å². The Balaban J connectivity index is 1.38. The van der Waals surface area contributed by atoms with Crippen LogP contribution in [0.5, 0.6) is 23.0 Å². The van der Waals surface area contributed by atoms with Crippen LogP contribution in [0.25, 0.3) is 0 Å². The second-order valence-electron chi connectivity index (χ2n) is 9.32. The summed E-state index contributed by atoms with van der Waals surface area (Å²) in [6, 6.07) is 14.9. The molecule has 168 valence electrons. The van der Waals surface area contributed by atoms with Crippen LogP contribution >= 0.6 is 23.2 Å². The van der Waals surface area contributed by atoms with E-state index in [-0.39, 0.29) is 6.79 Å². The monoisotopic (exact) mass is 482 g/mol. The number of hydrogen-bond donors (Lipinski definition) is 0. The lowest BCUT2D eigenvalue weighted by molar-refractivity contribution is -0.985. The van der Waals surface area contributed by atoms with Crippen LogP contribution in [0.1, 0.15) is 33.9 Å². The van der Waals surface area contributed by atoms with Crippen LogP contribution in [0.2, 0.25) is 10.0 Å². The summed E-state index contributed by atoms with van der Waals surface area (Å²) in [7, 11) is 0. The lowest BCUT2D eigenvalue weighted by atomic mass is 9.80. The fourth-order valence-electron chi connectivity index (χ4n) is 6.02. The van der Waals surface area contributed by atoms with Gasteiger partial charge in [-0.15, -0.1) is 0 Å². The molecule has 0 saturated carbocycles. The number of benzene rings is 3. The summed E-state index contributed by atoms with van der Waals surface area (Å²) in [4.78, 5) is 0. The second kappa shape index (κ2) is 7.20. The molecule has 4 aliphatic rings. The van der Waals surface area contributed by atoms with Gasteiger partial charge >= 0.3 is 0 Å². The van der Waals surface area contributed by atoms with Crippen LogP contribution in [0, 0.1) is 0 Å². The molecule has 0 spiro atoms. The molecule has 0 saturated heterocycles. The molecule has 0 N–H and O–H groups in total. The van der Waals surface area contributed by atoms with Crippen molar-refractivity contribution in [2.24, 2.45) is 0 Å². The van der Waals surface area contributed by atoms with Gasteiger partial charge in [-0.05, 0) is 41.5 Å². The number of nitrogens with zero attached hydrogens (tertiary/aromatic N) is 1. The Labute approximate surface area is 201 Å². The average Bonchev–Trinajstić information content (AvgIpc) is 3.48. The number of hydrogen-bond acceptors (Lipinski definition) is 4. The van der Waals surface area contributed by atoms with Crippen LogP contribution in [0.15, 0.2) is 42.5 Å². The average molecular weight is 483 g/mol. The molecule has 0 amide bonds. The summed E-state index contributed by atoms with van der Waals surface area (Å²) < 4.78 is 23.9. The summed E-state index contributed by atoms with van der Waals surface area (Å²) in [5.74, 6) is 3.47. The zero-order valence-corrected chi connectivity index (χ0v) is 19.4. The van der Waals surface area contributed by atoms with Gasteiger partial charge in [0.15, 0.2) is 23.0 Å². The maximum Gasteiger partial charge on any atom is 0.231 e. The third-order valence-corrected chi connectivity index (χ3v) is 8.33. The van der Waals surface area contributed by atoms with Gasteiger partial charge in [-0.25, -0.2) is 0 Å². The van der Waals surface area contributed by atoms with E-state index in [0.717, 1.165) is 60.0 Å². The fourth-order valence-corrected chi connectivity index (χ4v) is 6.34. The second-order valence-corrected chi connectivity index (χ2v) is 10.1. The highest BCUT2D eigenvalue weighted by atomic mass is 35.5. The Bertz CT molecular complexity index is 1310. The molecule has 7 heteroatoms. The molecule has 2 atom stereocenters. The molecule has 2 unspecified atom stereocenters. The van der Waals surface area contributed by atoms with Gasteiger partial charge in [0.1, 0.15) is 19.1 Å². The lowest BCUT2D eigenvalue weighted by Gasteiger charge is -2.51. The van der Waals surface area contributed by atoms with E-state index in [9.17, 15) is 0 Å². The van der Waals surface area contributed by atoms with E-state index in [2.05, 4.69) is 24.3 Å². The Kier molecular flexibility index (Phi) is 4.33. The van der Waals surface area contributed by atoms with Crippen molar-refractivity contribution in [3.05, 3.63) is 80.3 Å². The van der Waals surface area contributed by atoms with Gasteiger partial charge < -0.3 is 23.4 Å². The van der Waals surface area contributed by atoms with Gasteiger partial charge in [0.25, 0.3) is 0 Å². The quantitative estimate of drug-likeness (QED) is 0.431. The molecule has 0 aliphatic carbocycles. The number of halogens is 2. The Morgan fingerprint density at radius 2 is 1.64 bits per heavy atom. The largest absolute Gasteiger partial charge is 0.454 e. The summed E-state index contributed by atoms with van der Waals surface area (Å²) >= 11 is 12.6. The van der Waals surface area contributed by atoms with Gasteiger partial charge in [-0.3, -0.25) is 0 Å². The number of fused-ring (bicyclic) bond motifs is 7. The highest BCUT2D eigenvalue weighted by molar-refractivity contribution is 6.42. The molecule has 4 heterocycles. The van der Waals surface area contributed by atoms with Crippen LogP contribution in [-0.4, -0.2) is 24.6 Å². The standard InChI is InChI=1S/C26H22Cl2NO4/c27-20-3-1-15(7-21(20)28)11-29-6-5-17-9-24-25(32-13-31-24)10-18(17)22(29)8-16-2-4-23-26(19(16)12-29)33-14-30-23/h1-4,7,9-10,22H,5-6,8,11-14H2/q+1. The summed E-state index contributed by atoms with van der Waals surface area (Å²) in [5.41, 5.74) is 6.50. The van der Waals surface area contributed by atoms with Crippen molar-refractivity contribution >= 4 is 23.2 Å². The van der Waals surface area contributed by atoms with Crippen molar-refractivity contribution in [2.45, 2.75) is 32.0 Å². The molecule has 33 heavy (non-hydrogen) atoms. The van der Waals surface area contributed by atoms with Gasteiger partial charge in [0.05, 0.1) is 22.2 Å². The predicted octanol–water partition coefficient (Wildman–Crippen LogP) is 5.82. The maximum atomic E-state index is 6.40. The first kappa shape index (κ1) is 19.8. The van der Waals surface area contributed by atoms with Crippen LogP contribution in [0.3, 0.4) is 0 Å². The summed E-state index contributed by atoms with van der Waals surface area (Å²) in [6.45, 7) is 3.33. The van der Waals surface area contributed by atoms with Gasteiger partial charge in [0.2, 0.25) is 13.6 Å². The summed E-state index contributed by atoms with van der Waals surface area (Å²) in [5, 5.41) is 1.18. The molecular formula is C26H22Cl2NO4+. The minimum Gasteiger partial charge on any atom is -0.454 e. The van der Waals surface area contributed by atoms with Crippen molar-refractivity contribution in [3.8, 4) is 23.0 Å². The van der Waals surface area contributed by atoms with Gasteiger partial charge in [-0.1, -0.05) is 35.3 Å². The molecule has 0 aromatic heterocycles. The van der Waals surface area contributed by atoms with E-state index in [1.165, 1.54) is 27.8 Å². The minimum atomic E-state index is 0.286. The Morgan fingerprint density at radius 1 is 0.818 bits per heavy atom. The van der Waals surface area contributed by atoms with E-state index in [0.29, 0.717) is 22.9 Å². The van der Waals surface area contributed by atoms with E-state index in [1.54, 1.807) is 0 Å². The van der Waals surface area contributed by atoms with Crippen molar-refractivity contribution in [2.75, 3.05) is 20.1 Å². The fraction of sp³-hybridized carbons (Fsp3) is 0.308. The predicted molar refractivity (Wildman–Crippen MR) is 124 cm³/mol. The zero-order valence-electron chi connectivity index (χ0n) is 17.9. The number of ether oxygens (including phenoxy) is 4. The van der Waals surface area contributed by atoms with Crippen LogP contribution < -0.4 is 18.9 Å². The van der Waals surface area contributed by atoms with E-state index in [4.69, 9.17) is 42.1 Å². The van der Waals surface area contributed by atoms with E-state index < -0.39 is 0 Å². The zero-order chi connectivity index (χ0) is 22.2. The topological polar surface area (TPSA) is 36.9 Å². The van der Waals surface area contributed by atoms with Gasteiger partial charge in [-0.2, -0.15) is 0 Å². The minimum absolute atomic E-state index is 0.286. The van der Waals surface area contributed by atoms with E-state index >= 15 is 0 Å². The Hall–Kier alpha value is -2.60. The highest BCUT2D eigenvalue weighted by Gasteiger charge is 2.48. The maximum absolute atomic E-state index is 6.40. The lowest BCUT2D eigenvalue weighted by Crippen LogP contribution is -2.55. The molecule has 7 rings (SSSR count). The SMILES string of the molecule is Clc1ccc(C[N+]23CCc4cc5c(cc4C2Cc2ccc4c(c2C3)OCO4)OCO5)cc1Cl. The molecular weight excluding hydrogens is 461 g/mol. The molecule has 0 bridgehead atoms.